The summed E-state index contributed by atoms with van der Waals surface area (Å²) in [5.41, 5.74) is 1.96. The number of ether oxygens (including phenoxy) is 1. The lowest BCUT2D eigenvalue weighted by Crippen LogP contribution is -2.45. The number of benzene rings is 1. The van der Waals surface area contributed by atoms with E-state index in [1.165, 1.54) is 63.7 Å². The fraction of sp³-hybridized carbons (Fsp3) is 0.682. The molecule has 0 bridgehead atoms. The molecule has 3 fully saturated rings. The van der Waals surface area contributed by atoms with E-state index in [0.29, 0.717) is 11.5 Å². The van der Waals surface area contributed by atoms with Crippen molar-refractivity contribution in [2.75, 3.05) is 46.9 Å². The summed E-state index contributed by atoms with van der Waals surface area (Å²) in [4.78, 5) is 9.70. The molecule has 1 aromatic rings. The first-order valence-corrected chi connectivity index (χ1v) is 10.6. The largest absolute Gasteiger partial charge is 0.497 e. The Kier molecular flexibility index (Phi) is 7.48. The maximum absolute atomic E-state index is 5.34. The first kappa shape index (κ1) is 21.7. The average molecular weight is 498 g/mol. The molecule has 6 heteroatoms. The Bertz CT molecular complexity index is 653. The van der Waals surface area contributed by atoms with Crippen molar-refractivity contribution in [1.29, 1.82) is 0 Å². The van der Waals surface area contributed by atoms with Crippen molar-refractivity contribution in [2.45, 2.75) is 44.6 Å². The SMILES string of the molecule is CN=C(NCC(c1ccc(OC)cc1)N1CCCC1)N1CCC2(CCC2)C1.I. The summed E-state index contributed by atoms with van der Waals surface area (Å²) in [5, 5.41) is 3.70. The summed E-state index contributed by atoms with van der Waals surface area (Å²) < 4.78 is 5.34. The molecule has 28 heavy (non-hydrogen) atoms. The van der Waals surface area contributed by atoms with Gasteiger partial charge >= 0.3 is 0 Å². The first-order chi connectivity index (χ1) is 13.2. The van der Waals surface area contributed by atoms with Crippen molar-refractivity contribution in [2.24, 2.45) is 10.4 Å². The van der Waals surface area contributed by atoms with Crippen molar-refractivity contribution >= 4 is 29.9 Å². The van der Waals surface area contributed by atoms with Crippen LogP contribution in [0, 0.1) is 5.41 Å². The fourth-order valence-electron chi connectivity index (χ4n) is 5.06. The second kappa shape index (κ2) is 9.65. The third kappa shape index (κ3) is 4.58. The van der Waals surface area contributed by atoms with E-state index in [2.05, 4.69) is 44.4 Å². The zero-order chi connectivity index (χ0) is 18.7. The zero-order valence-electron chi connectivity index (χ0n) is 17.3. The van der Waals surface area contributed by atoms with Crippen LogP contribution in [0.15, 0.2) is 29.3 Å². The van der Waals surface area contributed by atoms with E-state index >= 15 is 0 Å². The van der Waals surface area contributed by atoms with Crippen LogP contribution in [0.5, 0.6) is 5.75 Å². The van der Waals surface area contributed by atoms with Gasteiger partial charge in [0.2, 0.25) is 0 Å². The van der Waals surface area contributed by atoms with Crippen LogP contribution in [0.3, 0.4) is 0 Å². The van der Waals surface area contributed by atoms with E-state index in [1.54, 1.807) is 7.11 Å². The topological polar surface area (TPSA) is 40.1 Å². The van der Waals surface area contributed by atoms with Gasteiger partial charge in [0.1, 0.15) is 5.75 Å². The highest BCUT2D eigenvalue weighted by atomic mass is 127. The Morgan fingerprint density at radius 2 is 1.82 bits per heavy atom. The maximum atomic E-state index is 5.34. The van der Waals surface area contributed by atoms with E-state index < -0.39 is 0 Å². The molecule has 1 aliphatic carbocycles. The Labute approximate surface area is 186 Å². The normalized spacial score (nSPS) is 22.6. The van der Waals surface area contributed by atoms with Crippen LogP contribution in [-0.2, 0) is 0 Å². The van der Waals surface area contributed by atoms with Crippen LogP contribution in [0.4, 0.5) is 0 Å². The molecule has 1 saturated carbocycles. The van der Waals surface area contributed by atoms with E-state index in [0.717, 1.165) is 24.8 Å². The Hall–Kier alpha value is -1.02. The molecule has 1 aromatic carbocycles. The molecule has 4 rings (SSSR count). The van der Waals surface area contributed by atoms with E-state index in [4.69, 9.17) is 4.74 Å². The van der Waals surface area contributed by atoms with Gasteiger partial charge in [-0.05, 0) is 68.3 Å². The predicted octanol–water partition coefficient (Wildman–Crippen LogP) is 3.90. The third-order valence-electron chi connectivity index (χ3n) is 6.90. The maximum Gasteiger partial charge on any atom is 0.193 e. The monoisotopic (exact) mass is 498 g/mol. The molecule has 0 aromatic heterocycles. The molecule has 0 amide bonds. The molecule has 1 N–H and O–H groups in total. The molecule has 1 atom stereocenters. The molecule has 2 heterocycles. The average Bonchev–Trinajstić information content (AvgIpc) is 3.35. The van der Waals surface area contributed by atoms with E-state index in [9.17, 15) is 0 Å². The minimum atomic E-state index is 0. The van der Waals surface area contributed by atoms with Crippen LogP contribution in [0.2, 0.25) is 0 Å². The van der Waals surface area contributed by atoms with Crippen molar-refractivity contribution in [1.82, 2.24) is 15.1 Å². The summed E-state index contributed by atoms with van der Waals surface area (Å²) in [5.74, 6) is 2.00. The van der Waals surface area contributed by atoms with Gasteiger partial charge in [-0.2, -0.15) is 0 Å². The summed E-state index contributed by atoms with van der Waals surface area (Å²) in [6.07, 6.45) is 8.16. The van der Waals surface area contributed by atoms with Crippen LogP contribution < -0.4 is 10.1 Å². The molecule has 1 spiro atoms. The van der Waals surface area contributed by atoms with Gasteiger partial charge in [0.05, 0.1) is 13.2 Å². The van der Waals surface area contributed by atoms with Crippen molar-refractivity contribution in [3.8, 4) is 5.75 Å². The molecule has 2 aliphatic heterocycles. The predicted molar refractivity (Wildman–Crippen MR) is 126 cm³/mol. The lowest BCUT2D eigenvalue weighted by Gasteiger charge is -2.38. The van der Waals surface area contributed by atoms with Gasteiger partial charge < -0.3 is 15.0 Å². The number of guanidine groups is 1. The minimum Gasteiger partial charge on any atom is -0.497 e. The van der Waals surface area contributed by atoms with Crippen molar-refractivity contribution in [3.05, 3.63) is 29.8 Å². The molecular weight excluding hydrogens is 463 g/mol. The highest BCUT2D eigenvalue weighted by Crippen LogP contribution is 2.47. The van der Waals surface area contributed by atoms with Gasteiger partial charge in [-0.25, -0.2) is 0 Å². The number of hydrogen-bond donors (Lipinski definition) is 1. The van der Waals surface area contributed by atoms with Crippen LogP contribution in [0.25, 0.3) is 0 Å². The van der Waals surface area contributed by atoms with Gasteiger partial charge in [0.25, 0.3) is 0 Å². The third-order valence-corrected chi connectivity index (χ3v) is 6.90. The number of nitrogens with one attached hydrogen (secondary N) is 1. The van der Waals surface area contributed by atoms with Gasteiger partial charge in [0.15, 0.2) is 5.96 Å². The van der Waals surface area contributed by atoms with Crippen molar-refractivity contribution < 1.29 is 4.74 Å². The first-order valence-electron chi connectivity index (χ1n) is 10.6. The van der Waals surface area contributed by atoms with Crippen LogP contribution in [-0.4, -0.2) is 62.6 Å². The quantitative estimate of drug-likeness (QED) is 0.380. The van der Waals surface area contributed by atoms with Gasteiger partial charge in [-0.3, -0.25) is 9.89 Å². The highest BCUT2D eigenvalue weighted by Gasteiger charge is 2.43. The van der Waals surface area contributed by atoms with Gasteiger partial charge in [-0.15, -0.1) is 24.0 Å². The number of likely N-dealkylation sites (tertiary alicyclic amines) is 2. The number of hydrogen-bond acceptors (Lipinski definition) is 3. The number of nitrogens with zero attached hydrogens (tertiary/aromatic N) is 3. The Morgan fingerprint density at radius 1 is 1.11 bits per heavy atom. The van der Waals surface area contributed by atoms with Gasteiger partial charge in [-0.1, -0.05) is 18.6 Å². The highest BCUT2D eigenvalue weighted by molar-refractivity contribution is 14.0. The Morgan fingerprint density at radius 3 is 2.36 bits per heavy atom. The number of methoxy groups -OCH3 is 1. The number of halogens is 1. The van der Waals surface area contributed by atoms with E-state index in [-0.39, 0.29) is 24.0 Å². The smallest absolute Gasteiger partial charge is 0.193 e. The summed E-state index contributed by atoms with van der Waals surface area (Å²) in [6.45, 7) is 5.61. The molecule has 0 radical (unpaired) electrons. The van der Waals surface area contributed by atoms with Crippen LogP contribution >= 0.6 is 24.0 Å². The molecular formula is C22H35IN4O. The van der Waals surface area contributed by atoms with Crippen LogP contribution in [0.1, 0.15) is 50.1 Å². The minimum absolute atomic E-state index is 0. The number of rotatable bonds is 5. The summed E-state index contributed by atoms with van der Waals surface area (Å²) >= 11 is 0. The zero-order valence-corrected chi connectivity index (χ0v) is 19.7. The molecule has 2 saturated heterocycles. The molecule has 1 unspecified atom stereocenters. The molecule has 5 nitrogen and oxygen atoms in total. The molecule has 156 valence electrons. The number of aliphatic imine (C=N–C) groups is 1. The fourth-order valence-corrected chi connectivity index (χ4v) is 5.06. The lowest BCUT2D eigenvalue weighted by atomic mass is 9.68. The van der Waals surface area contributed by atoms with E-state index in [1.807, 2.05) is 7.05 Å². The Balaban J connectivity index is 0.00000225. The van der Waals surface area contributed by atoms with Gasteiger partial charge in [0, 0.05) is 26.7 Å². The second-order valence-electron chi connectivity index (χ2n) is 8.49. The lowest BCUT2D eigenvalue weighted by molar-refractivity contribution is 0.151. The van der Waals surface area contributed by atoms with Crippen molar-refractivity contribution in [3.63, 3.8) is 0 Å². The standard InChI is InChI=1S/C22H34N4O.HI/c1-23-21(26-15-12-22(17-26)10-5-11-22)24-16-20(25-13-3-4-14-25)18-6-8-19(27-2)9-7-18;/h6-9,20H,3-5,10-17H2,1-2H3,(H,23,24);1H. The summed E-state index contributed by atoms with van der Waals surface area (Å²) in [6, 6.07) is 8.97. The second-order valence-corrected chi connectivity index (χ2v) is 8.49. The molecule has 3 aliphatic rings. The summed E-state index contributed by atoms with van der Waals surface area (Å²) in [7, 11) is 3.65.